The normalized spacial score (nSPS) is 11.2. The Hall–Kier alpha value is -7.16. The van der Waals surface area contributed by atoms with Crippen molar-refractivity contribution < 1.29 is 84.3 Å². The molecule has 4 aromatic rings. The molecule has 0 bridgehead atoms. The number of aliphatic carboxylic acids is 8. The summed E-state index contributed by atoms with van der Waals surface area (Å²) < 4.78 is 0. The number of nitrogens with one attached hydrogen (secondary N) is 4. The second kappa shape index (κ2) is 20.9. The average molecular weight is 869 g/mol. The average Bonchev–Trinajstić information content (AvgIpc) is 3.84. The number of carboxylic acids is 8. The van der Waals surface area contributed by atoms with Crippen LogP contribution in [0.1, 0.15) is 116 Å². The molecule has 21 heteroatoms. The summed E-state index contributed by atoms with van der Waals surface area (Å²) in [7, 11) is 0. The highest BCUT2D eigenvalue weighted by Crippen LogP contribution is 2.33. The van der Waals surface area contributed by atoms with Gasteiger partial charge < -0.3 is 65.9 Å². The van der Waals surface area contributed by atoms with E-state index in [0.29, 0.717) is 33.8 Å². The molecule has 4 heterocycles. The van der Waals surface area contributed by atoms with Crippen LogP contribution in [0.4, 0.5) is 0 Å². The molecular formula is C41H48N4O17. The molecule has 4 rings (SSSR count). The first-order valence-corrected chi connectivity index (χ1v) is 19.4. The van der Waals surface area contributed by atoms with Crippen molar-refractivity contribution in [2.24, 2.45) is 0 Å². The summed E-state index contributed by atoms with van der Waals surface area (Å²) in [6.45, 7) is 1.00. The Morgan fingerprint density at radius 3 is 0.871 bits per heavy atom. The molecule has 334 valence electrons. The summed E-state index contributed by atoms with van der Waals surface area (Å²) in [6.07, 6.45) is -4.96. The number of carboxylic acid groups (broad SMARTS) is 8. The van der Waals surface area contributed by atoms with E-state index >= 15 is 0 Å². The van der Waals surface area contributed by atoms with E-state index in [4.69, 9.17) is 0 Å². The van der Waals surface area contributed by atoms with Crippen LogP contribution in [-0.4, -0.2) is 114 Å². The van der Waals surface area contributed by atoms with Gasteiger partial charge in [0.05, 0.1) is 32.3 Å². The summed E-state index contributed by atoms with van der Waals surface area (Å²) in [5, 5.41) is 87.7. The molecule has 0 aliphatic heterocycles. The number of aromatic amines is 4. The number of H-pyrrole nitrogens is 4. The second-order valence-corrected chi connectivity index (χ2v) is 14.8. The minimum absolute atomic E-state index is 0.00503. The van der Waals surface area contributed by atoms with Gasteiger partial charge >= 0.3 is 47.8 Å². The van der Waals surface area contributed by atoms with Gasteiger partial charge in [0, 0.05) is 90.5 Å². The lowest BCUT2D eigenvalue weighted by Gasteiger charge is -2.09. The predicted molar refractivity (Wildman–Crippen MR) is 211 cm³/mol. The Morgan fingerprint density at radius 2 is 0.581 bits per heavy atom. The van der Waals surface area contributed by atoms with Gasteiger partial charge in [-0.15, -0.1) is 0 Å². The first-order valence-electron chi connectivity index (χ1n) is 19.4. The standard InChI is InChI=1S/C41H48N4O17/c1-18-19(2-6-34(47)48)23(10-38(55)56)30(42-18)14-27-20(3-7-35(49)50)24(11-39(57)58)31(43-27)15-28-21(4-8-36(51)52)25(12-40(59)60)32(44-28)16-29-22(5-9-37(53)54)26(13-41(61)62)33(17-46)45-29/h42-46H,2-17H2,1H3,(H,47,48)(H,49,50)(H,51,52)(H,53,54)(H,55,56)(H,57,58)(H,59,60)(H,61,62). The highest BCUT2D eigenvalue weighted by atomic mass is 16.4. The highest BCUT2D eigenvalue weighted by molar-refractivity contribution is 5.75. The highest BCUT2D eigenvalue weighted by Gasteiger charge is 2.28. The van der Waals surface area contributed by atoms with Gasteiger partial charge in [-0.2, -0.15) is 0 Å². The molecule has 0 spiro atoms. The first-order chi connectivity index (χ1) is 29.2. The van der Waals surface area contributed by atoms with E-state index in [1.54, 1.807) is 6.92 Å². The van der Waals surface area contributed by atoms with Crippen molar-refractivity contribution in [2.75, 3.05) is 0 Å². The number of aryl methyl sites for hydroxylation is 1. The molecule has 0 aromatic carbocycles. The summed E-state index contributed by atoms with van der Waals surface area (Å²) in [6, 6.07) is 0. The van der Waals surface area contributed by atoms with Crippen LogP contribution >= 0.6 is 0 Å². The zero-order chi connectivity index (χ0) is 46.0. The molecule has 0 saturated carbocycles. The fraction of sp³-hybridized carbons (Fsp3) is 0.415. The number of hydrogen-bond donors (Lipinski definition) is 13. The zero-order valence-corrected chi connectivity index (χ0v) is 33.6. The van der Waals surface area contributed by atoms with Crippen molar-refractivity contribution in [1.29, 1.82) is 0 Å². The molecule has 21 nitrogen and oxygen atoms in total. The molecule has 62 heavy (non-hydrogen) atoms. The van der Waals surface area contributed by atoms with Crippen LogP contribution in [-0.2, 0) is 116 Å². The van der Waals surface area contributed by atoms with Crippen molar-refractivity contribution >= 4 is 47.8 Å². The third kappa shape index (κ3) is 12.4. The fourth-order valence-corrected chi connectivity index (χ4v) is 8.08. The monoisotopic (exact) mass is 868 g/mol. The largest absolute Gasteiger partial charge is 0.481 e. The van der Waals surface area contributed by atoms with Gasteiger partial charge in [0.2, 0.25) is 0 Å². The van der Waals surface area contributed by atoms with Crippen molar-refractivity contribution in [3.63, 3.8) is 0 Å². The van der Waals surface area contributed by atoms with Crippen LogP contribution < -0.4 is 0 Å². The van der Waals surface area contributed by atoms with Crippen LogP contribution in [0, 0.1) is 6.92 Å². The van der Waals surface area contributed by atoms with E-state index < -0.39 is 99.3 Å². The SMILES string of the molecule is Cc1[nH]c(Cc2[nH]c(Cc3[nH]c(Cc4[nH]c(CO)c(CC(=O)O)c4CCC(=O)O)c(CC(=O)O)c3CCC(=O)O)c(CC(=O)O)c2CCC(=O)O)c(CC(=O)O)c1CCC(=O)O. The molecule has 0 aliphatic carbocycles. The maximum absolute atomic E-state index is 12.4. The molecule has 0 radical (unpaired) electrons. The van der Waals surface area contributed by atoms with Crippen molar-refractivity contribution in [1.82, 2.24) is 19.9 Å². The van der Waals surface area contributed by atoms with Crippen molar-refractivity contribution in [3.8, 4) is 0 Å². The Bertz CT molecular complexity index is 2390. The number of aromatic nitrogens is 4. The Morgan fingerprint density at radius 1 is 0.339 bits per heavy atom. The maximum atomic E-state index is 12.4. The van der Waals surface area contributed by atoms with Crippen molar-refractivity contribution in [3.05, 3.63) is 90.1 Å². The van der Waals surface area contributed by atoms with E-state index in [1.165, 1.54) is 0 Å². The van der Waals surface area contributed by atoms with E-state index in [-0.39, 0.29) is 108 Å². The topological polar surface area (TPSA) is 382 Å². The van der Waals surface area contributed by atoms with E-state index in [9.17, 15) is 84.3 Å². The maximum Gasteiger partial charge on any atom is 0.307 e. The number of rotatable bonds is 27. The van der Waals surface area contributed by atoms with Crippen LogP contribution in [0.25, 0.3) is 0 Å². The lowest BCUT2D eigenvalue weighted by Crippen LogP contribution is -2.09. The van der Waals surface area contributed by atoms with Crippen LogP contribution in [0.15, 0.2) is 0 Å². The Kier molecular flexibility index (Phi) is 16.0. The van der Waals surface area contributed by atoms with Crippen LogP contribution in [0.2, 0.25) is 0 Å². The molecule has 4 aromatic heterocycles. The van der Waals surface area contributed by atoms with Crippen molar-refractivity contribution in [2.45, 2.75) is 110 Å². The molecule has 0 amide bonds. The van der Waals surface area contributed by atoms with Gasteiger partial charge in [-0.25, -0.2) is 0 Å². The molecule has 0 fully saturated rings. The smallest absolute Gasteiger partial charge is 0.307 e. The van der Waals surface area contributed by atoms with Crippen LogP contribution in [0.5, 0.6) is 0 Å². The summed E-state index contributed by atoms with van der Waals surface area (Å²) in [5.74, 6) is -9.81. The fourth-order valence-electron chi connectivity index (χ4n) is 8.08. The number of aliphatic hydroxyl groups excluding tert-OH is 1. The number of hydrogen-bond acceptors (Lipinski definition) is 9. The van der Waals surface area contributed by atoms with Gasteiger partial charge in [0.15, 0.2) is 0 Å². The van der Waals surface area contributed by atoms with Gasteiger partial charge in [-0.1, -0.05) is 0 Å². The predicted octanol–water partition coefficient (Wildman–Crippen LogP) is 2.15. The molecule has 0 atom stereocenters. The lowest BCUT2D eigenvalue weighted by molar-refractivity contribution is -0.138. The summed E-state index contributed by atoms with van der Waals surface area (Å²) >= 11 is 0. The lowest BCUT2D eigenvalue weighted by atomic mass is 9.94. The molecule has 0 aliphatic rings. The minimum atomic E-state index is -1.31. The molecule has 0 saturated heterocycles. The van der Waals surface area contributed by atoms with Gasteiger partial charge in [-0.05, 0) is 77.1 Å². The Balaban J connectivity index is 1.96. The summed E-state index contributed by atoms with van der Waals surface area (Å²) in [4.78, 5) is 108. The molecule has 13 N–H and O–H groups in total. The summed E-state index contributed by atoms with van der Waals surface area (Å²) in [5.41, 5.74) is 4.35. The minimum Gasteiger partial charge on any atom is -0.481 e. The van der Waals surface area contributed by atoms with Gasteiger partial charge in [-0.3, -0.25) is 38.4 Å². The first kappa shape index (κ1) is 47.5. The third-order valence-corrected chi connectivity index (χ3v) is 10.6. The Labute approximate surface area is 351 Å². The van der Waals surface area contributed by atoms with E-state index in [1.807, 2.05) is 0 Å². The number of aliphatic hydroxyl groups is 1. The number of carbonyl (C=O) groups is 8. The van der Waals surface area contributed by atoms with Gasteiger partial charge in [0.25, 0.3) is 0 Å². The van der Waals surface area contributed by atoms with E-state index in [0.717, 1.165) is 0 Å². The molecular weight excluding hydrogens is 820 g/mol. The quantitative estimate of drug-likeness (QED) is 0.0408. The van der Waals surface area contributed by atoms with E-state index in [2.05, 4.69) is 19.9 Å². The third-order valence-electron chi connectivity index (χ3n) is 10.6. The second-order valence-electron chi connectivity index (χ2n) is 14.8. The zero-order valence-electron chi connectivity index (χ0n) is 33.6. The molecule has 0 unspecified atom stereocenters. The van der Waals surface area contributed by atoms with Gasteiger partial charge in [0.1, 0.15) is 0 Å². The van der Waals surface area contributed by atoms with Crippen LogP contribution in [0.3, 0.4) is 0 Å².